The van der Waals surface area contributed by atoms with Gasteiger partial charge in [0.25, 0.3) is 0 Å². The van der Waals surface area contributed by atoms with Crippen molar-refractivity contribution >= 4 is 0 Å². The molecule has 0 aliphatic carbocycles. The van der Waals surface area contributed by atoms with Gasteiger partial charge in [-0.05, 0) is 32.6 Å². The zero-order chi connectivity index (χ0) is 11.0. The van der Waals surface area contributed by atoms with Crippen LogP contribution in [0.2, 0.25) is 0 Å². The average molecular weight is 201 g/mol. The Morgan fingerprint density at radius 2 is 2.07 bits per heavy atom. The molecular formula is C11H23NO2. The second-order valence-electron chi connectivity index (χ2n) is 3.84. The van der Waals surface area contributed by atoms with Gasteiger partial charge >= 0.3 is 0 Å². The van der Waals surface area contributed by atoms with Crippen LogP contribution in [-0.2, 0) is 9.57 Å². The summed E-state index contributed by atoms with van der Waals surface area (Å²) in [6.07, 6.45) is 3.96. The van der Waals surface area contributed by atoms with Crippen LogP contribution in [0.5, 0.6) is 0 Å². The Hall–Kier alpha value is -0.380. The maximum Gasteiger partial charge on any atom is 0.167 e. The maximum absolute atomic E-state index is 5.53. The van der Waals surface area contributed by atoms with E-state index < -0.39 is 0 Å². The van der Waals surface area contributed by atoms with Gasteiger partial charge in [-0.1, -0.05) is 26.0 Å². The first-order chi connectivity index (χ1) is 6.58. The monoisotopic (exact) mass is 201 g/mol. The number of rotatable bonds is 8. The van der Waals surface area contributed by atoms with Gasteiger partial charge in [-0.2, -0.15) is 0 Å². The molecule has 1 atom stereocenters. The van der Waals surface area contributed by atoms with Crippen molar-refractivity contribution in [3.63, 3.8) is 0 Å². The first-order valence-corrected chi connectivity index (χ1v) is 5.20. The normalized spacial score (nSPS) is 15.1. The van der Waals surface area contributed by atoms with E-state index in [4.69, 9.17) is 10.6 Å². The molecule has 0 aliphatic rings. The fourth-order valence-corrected chi connectivity index (χ4v) is 1.15. The third-order valence-electron chi connectivity index (χ3n) is 2.73. The summed E-state index contributed by atoms with van der Waals surface area (Å²) in [6.45, 7) is 10.4. The smallest absolute Gasteiger partial charge is 0.167 e. The van der Waals surface area contributed by atoms with Crippen LogP contribution in [0.15, 0.2) is 12.2 Å². The Balaban J connectivity index is 3.91. The lowest BCUT2D eigenvalue weighted by molar-refractivity contribution is -0.140. The lowest BCUT2D eigenvalue weighted by atomic mass is 9.94. The zero-order valence-corrected chi connectivity index (χ0v) is 9.64. The van der Waals surface area contributed by atoms with E-state index in [1.165, 1.54) is 5.57 Å². The number of nitrogens with two attached hydrogens (primary N) is 1. The highest BCUT2D eigenvalue weighted by Crippen LogP contribution is 2.24. The molecule has 3 nitrogen and oxygen atoms in total. The summed E-state index contributed by atoms with van der Waals surface area (Å²) >= 11 is 0. The molecule has 0 aliphatic heterocycles. The Morgan fingerprint density at radius 3 is 2.50 bits per heavy atom. The van der Waals surface area contributed by atoms with Crippen molar-refractivity contribution in [2.24, 2.45) is 5.90 Å². The van der Waals surface area contributed by atoms with Crippen LogP contribution in [0.3, 0.4) is 0 Å². The van der Waals surface area contributed by atoms with Gasteiger partial charge in [0.2, 0.25) is 0 Å². The lowest BCUT2D eigenvalue weighted by Gasteiger charge is -2.28. The topological polar surface area (TPSA) is 44.5 Å². The van der Waals surface area contributed by atoms with Gasteiger partial charge in [0.05, 0.1) is 5.60 Å². The molecule has 14 heavy (non-hydrogen) atoms. The second kappa shape index (κ2) is 6.98. The molecule has 0 unspecified atom stereocenters. The van der Waals surface area contributed by atoms with Gasteiger partial charge in [-0.15, -0.1) is 0 Å². The predicted molar refractivity (Wildman–Crippen MR) is 58.6 cm³/mol. The minimum absolute atomic E-state index is 0.141. The van der Waals surface area contributed by atoms with Crippen LogP contribution in [0.25, 0.3) is 0 Å². The van der Waals surface area contributed by atoms with Gasteiger partial charge in [-0.25, -0.2) is 5.90 Å². The highest BCUT2D eigenvalue weighted by atomic mass is 16.7. The van der Waals surface area contributed by atoms with Gasteiger partial charge in [0.15, 0.2) is 6.79 Å². The van der Waals surface area contributed by atoms with Crippen molar-refractivity contribution in [3.05, 3.63) is 12.2 Å². The molecule has 0 fully saturated rings. The Kier molecular flexibility index (Phi) is 6.79. The standard InChI is InChI=1S/C11H23NO2/c1-5-10(3)7-8-11(4,6-2)13-9-14-12/h3,5-9,12H2,1-2,4H3/t11-/m0/s1. The van der Waals surface area contributed by atoms with E-state index in [-0.39, 0.29) is 12.4 Å². The molecule has 0 rings (SSSR count). The van der Waals surface area contributed by atoms with E-state index in [0.717, 1.165) is 25.7 Å². The van der Waals surface area contributed by atoms with Crippen LogP contribution < -0.4 is 5.90 Å². The van der Waals surface area contributed by atoms with E-state index in [0.29, 0.717) is 0 Å². The number of allylic oxidation sites excluding steroid dienone is 1. The molecule has 0 aromatic carbocycles. The van der Waals surface area contributed by atoms with Crippen LogP contribution in [-0.4, -0.2) is 12.4 Å². The zero-order valence-electron chi connectivity index (χ0n) is 9.64. The molecule has 0 heterocycles. The van der Waals surface area contributed by atoms with E-state index >= 15 is 0 Å². The highest BCUT2D eigenvalue weighted by molar-refractivity contribution is 4.94. The summed E-state index contributed by atoms with van der Waals surface area (Å²) in [5.74, 6) is 4.93. The molecule has 0 saturated heterocycles. The van der Waals surface area contributed by atoms with E-state index in [1.807, 2.05) is 0 Å². The van der Waals surface area contributed by atoms with Crippen molar-refractivity contribution in [2.45, 2.75) is 52.1 Å². The van der Waals surface area contributed by atoms with Gasteiger partial charge in [0.1, 0.15) is 0 Å². The first kappa shape index (κ1) is 13.6. The molecule has 0 bridgehead atoms. The maximum atomic E-state index is 5.53. The van der Waals surface area contributed by atoms with E-state index in [2.05, 4.69) is 32.2 Å². The van der Waals surface area contributed by atoms with Gasteiger partial charge in [0, 0.05) is 0 Å². The molecule has 0 spiro atoms. The summed E-state index contributed by atoms with van der Waals surface area (Å²) in [5.41, 5.74) is 1.12. The van der Waals surface area contributed by atoms with Crippen molar-refractivity contribution in [1.82, 2.24) is 0 Å². The van der Waals surface area contributed by atoms with Crippen LogP contribution in [0.1, 0.15) is 46.5 Å². The molecular weight excluding hydrogens is 178 g/mol. The average Bonchev–Trinajstić information content (AvgIpc) is 2.23. The predicted octanol–water partition coefficient (Wildman–Crippen LogP) is 2.77. The summed E-state index contributed by atoms with van der Waals surface area (Å²) < 4.78 is 5.53. The van der Waals surface area contributed by atoms with E-state index in [1.54, 1.807) is 0 Å². The van der Waals surface area contributed by atoms with Gasteiger partial charge < -0.3 is 4.74 Å². The van der Waals surface area contributed by atoms with Crippen molar-refractivity contribution in [2.75, 3.05) is 6.79 Å². The van der Waals surface area contributed by atoms with Crippen molar-refractivity contribution in [3.8, 4) is 0 Å². The fourth-order valence-electron chi connectivity index (χ4n) is 1.15. The molecule has 0 aromatic rings. The minimum Gasteiger partial charge on any atom is -0.347 e. The van der Waals surface area contributed by atoms with E-state index in [9.17, 15) is 0 Å². The molecule has 0 amide bonds. The summed E-state index contributed by atoms with van der Waals surface area (Å²) in [6, 6.07) is 0. The minimum atomic E-state index is -0.141. The molecule has 2 N–H and O–H groups in total. The van der Waals surface area contributed by atoms with Crippen LogP contribution in [0, 0.1) is 0 Å². The largest absolute Gasteiger partial charge is 0.347 e. The summed E-state index contributed by atoms with van der Waals surface area (Å²) in [5, 5.41) is 0. The fraction of sp³-hybridized carbons (Fsp3) is 0.818. The molecule has 0 aromatic heterocycles. The Morgan fingerprint density at radius 1 is 1.43 bits per heavy atom. The number of ether oxygens (including phenoxy) is 1. The Labute approximate surface area is 87.2 Å². The lowest BCUT2D eigenvalue weighted by Crippen LogP contribution is -2.29. The quantitative estimate of drug-likeness (QED) is 0.373. The third-order valence-corrected chi connectivity index (χ3v) is 2.73. The first-order valence-electron chi connectivity index (χ1n) is 5.20. The summed E-state index contributed by atoms with van der Waals surface area (Å²) in [4.78, 5) is 4.43. The van der Waals surface area contributed by atoms with Crippen LogP contribution in [0.4, 0.5) is 0 Å². The second-order valence-corrected chi connectivity index (χ2v) is 3.84. The highest BCUT2D eigenvalue weighted by Gasteiger charge is 2.22. The summed E-state index contributed by atoms with van der Waals surface area (Å²) in [7, 11) is 0. The molecule has 3 heteroatoms. The number of hydrogen-bond donors (Lipinski definition) is 1. The van der Waals surface area contributed by atoms with Crippen LogP contribution >= 0.6 is 0 Å². The van der Waals surface area contributed by atoms with Crippen molar-refractivity contribution < 1.29 is 9.57 Å². The number of hydrogen-bond acceptors (Lipinski definition) is 3. The molecule has 84 valence electrons. The molecule has 0 saturated carbocycles. The van der Waals surface area contributed by atoms with Crippen molar-refractivity contribution in [1.29, 1.82) is 0 Å². The van der Waals surface area contributed by atoms with Gasteiger partial charge in [-0.3, -0.25) is 4.84 Å². The third kappa shape index (κ3) is 5.37. The SMILES string of the molecule is C=C(CC)CC[C@](C)(CC)OCON. The molecule has 0 radical (unpaired) electrons. The Bertz CT molecular complexity index is 171.